The molecule has 0 atom stereocenters. The standard InChI is InChI=1S/C20H26N6O2/c27-19(22-9-12-26-10-1-2-11-26)14-3-5-15(6-4-14)23-20(28)18-16-13-21-8-7-17(16)24-25-18/h3-6,21H,1-2,7-13H2,(H,22,27)(H,23,28)(H,24,25). The molecular formula is C20H26N6O2. The van der Waals surface area contributed by atoms with E-state index in [1.165, 1.54) is 12.8 Å². The van der Waals surface area contributed by atoms with Crippen molar-refractivity contribution in [3.05, 3.63) is 46.8 Å². The molecule has 1 fully saturated rings. The zero-order valence-corrected chi connectivity index (χ0v) is 15.9. The third kappa shape index (κ3) is 4.23. The highest BCUT2D eigenvalue weighted by atomic mass is 16.2. The number of carbonyl (C=O) groups excluding carboxylic acids is 2. The van der Waals surface area contributed by atoms with Crippen LogP contribution >= 0.6 is 0 Å². The summed E-state index contributed by atoms with van der Waals surface area (Å²) in [4.78, 5) is 27.2. The van der Waals surface area contributed by atoms with Gasteiger partial charge in [-0.05, 0) is 50.2 Å². The Morgan fingerprint density at radius 3 is 2.68 bits per heavy atom. The largest absolute Gasteiger partial charge is 0.351 e. The van der Waals surface area contributed by atoms with Crippen molar-refractivity contribution in [1.29, 1.82) is 0 Å². The molecule has 8 heteroatoms. The number of fused-ring (bicyclic) bond motifs is 1. The fraction of sp³-hybridized carbons (Fsp3) is 0.450. The van der Waals surface area contributed by atoms with Crippen molar-refractivity contribution >= 4 is 17.5 Å². The van der Waals surface area contributed by atoms with Crippen molar-refractivity contribution in [2.24, 2.45) is 0 Å². The number of nitrogens with zero attached hydrogens (tertiary/aromatic N) is 2. The van der Waals surface area contributed by atoms with Crippen LogP contribution in [0.3, 0.4) is 0 Å². The first-order valence-corrected chi connectivity index (χ1v) is 9.89. The van der Waals surface area contributed by atoms with E-state index in [9.17, 15) is 9.59 Å². The highest BCUT2D eigenvalue weighted by Crippen LogP contribution is 2.17. The Morgan fingerprint density at radius 2 is 1.89 bits per heavy atom. The lowest BCUT2D eigenvalue weighted by molar-refractivity contribution is 0.0949. The van der Waals surface area contributed by atoms with Gasteiger partial charge < -0.3 is 20.9 Å². The van der Waals surface area contributed by atoms with Crippen LogP contribution < -0.4 is 16.0 Å². The second-order valence-corrected chi connectivity index (χ2v) is 7.29. The molecule has 0 bridgehead atoms. The van der Waals surface area contributed by atoms with Crippen LogP contribution in [0, 0.1) is 0 Å². The lowest BCUT2D eigenvalue weighted by atomic mass is 10.1. The van der Waals surface area contributed by atoms with Crippen molar-refractivity contribution in [2.45, 2.75) is 25.8 Å². The molecule has 0 aliphatic carbocycles. The number of H-pyrrole nitrogens is 1. The number of hydrogen-bond acceptors (Lipinski definition) is 5. The van der Waals surface area contributed by atoms with Gasteiger partial charge in [-0.25, -0.2) is 0 Å². The van der Waals surface area contributed by atoms with Gasteiger partial charge in [0.05, 0.1) is 0 Å². The summed E-state index contributed by atoms with van der Waals surface area (Å²) in [7, 11) is 0. The van der Waals surface area contributed by atoms with Gasteiger partial charge in [-0.15, -0.1) is 0 Å². The van der Waals surface area contributed by atoms with Crippen molar-refractivity contribution < 1.29 is 9.59 Å². The molecule has 0 saturated carbocycles. The SMILES string of the molecule is O=C(NCCN1CCCC1)c1ccc(NC(=O)c2n[nH]c3c2CNCC3)cc1. The predicted molar refractivity (Wildman–Crippen MR) is 106 cm³/mol. The van der Waals surface area contributed by atoms with Crippen molar-refractivity contribution in [3.8, 4) is 0 Å². The van der Waals surface area contributed by atoms with Gasteiger partial charge >= 0.3 is 0 Å². The van der Waals surface area contributed by atoms with Crippen LogP contribution in [0.1, 0.15) is 44.9 Å². The maximum Gasteiger partial charge on any atom is 0.276 e. The normalized spacial score (nSPS) is 16.6. The maximum absolute atomic E-state index is 12.5. The van der Waals surface area contributed by atoms with Gasteiger partial charge in [0.25, 0.3) is 11.8 Å². The smallest absolute Gasteiger partial charge is 0.276 e. The number of aromatic nitrogens is 2. The number of hydrogen-bond donors (Lipinski definition) is 4. The Hall–Kier alpha value is -2.71. The van der Waals surface area contributed by atoms with Crippen LogP contribution in [-0.4, -0.2) is 59.6 Å². The number of rotatable bonds is 6. The summed E-state index contributed by atoms with van der Waals surface area (Å²) >= 11 is 0. The molecule has 8 nitrogen and oxygen atoms in total. The minimum atomic E-state index is -0.246. The molecule has 2 aromatic rings. The molecule has 2 aliphatic heterocycles. The highest BCUT2D eigenvalue weighted by Gasteiger charge is 2.21. The van der Waals surface area contributed by atoms with E-state index in [0.29, 0.717) is 30.0 Å². The summed E-state index contributed by atoms with van der Waals surface area (Å²) in [6.45, 7) is 5.32. The number of likely N-dealkylation sites (tertiary alicyclic amines) is 1. The summed E-state index contributed by atoms with van der Waals surface area (Å²) in [6, 6.07) is 6.93. The molecule has 0 spiro atoms. The molecule has 0 unspecified atom stereocenters. The monoisotopic (exact) mass is 382 g/mol. The van der Waals surface area contributed by atoms with E-state index in [4.69, 9.17) is 0 Å². The third-order valence-electron chi connectivity index (χ3n) is 5.34. The van der Waals surface area contributed by atoms with E-state index < -0.39 is 0 Å². The van der Waals surface area contributed by atoms with E-state index >= 15 is 0 Å². The molecule has 2 aliphatic rings. The molecule has 4 rings (SSSR count). The zero-order valence-electron chi connectivity index (χ0n) is 15.9. The molecular weight excluding hydrogens is 356 g/mol. The summed E-state index contributed by atoms with van der Waals surface area (Å²) in [6.07, 6.45) is 3.34. The van der Waals surface area contributed by atoms with Crippen molar-refractivity contribution in [3.63, 3.8) is 0 Å². The van der Waals surface area contributed by atoms with E-state index in [1.54, 1.807) is 24.3 Å². The van der Waals surface area contributed by atoms with Crippen LogP contribution in [0.25, 0.3) is 0 Å². The highest BCUT2D eigenvalue weighted by molar-refractivity contribution is 6.04. The summed E-state index contributed by atoms with van der Waals surface area (Å²) in [5, 5.41) is 16.2. The van der Waals surface area contributed by atoms with Gasteiger partial charge in [-0.2, -0.15) is 5.10 Å². The maximum atomic E-state index is 12.5. The fourth-order valence-corrected chi connectivity index (χ4v) is 3.74. The Labute approximate surface area is 164 Å². The van der Waals surface area contributed by atoms with Crippen LogP contribution in [0.15, 0.2) is 24.3 Å². The first-order valence-electron chi connectivity index (χ1n) is 9.89. The summed E-state index contributed by atoms with van der Waals surface area (Å²) < 4.78 is 0. The van der Waals surface area contributed by atoms with E-state index in [0.717, 1.165) is 43.9 Å². The number of amides is 2. The van der Waals surface area contributed by atoms with Crippen LogP contribution in [0.4, 0.5) is 5.69 Å². The second-order valence-electron chi connectivity index (χ2n) is 7.29. The first-order chi connectivity index (χ1) is 13.7. The molecule has 1 saturated heterocycles. The summed E-state index contributed by atoms with van der Waals surface area (Å²) in [5.41, 5.74) is 3.59. The Balaban J connectivity index is 1.31. The van der Waals surface area contributed by atoms with E-state index in [2.05, 4.69) is 31.0 Å². The second kappa shape index (κ2) is 8.53. The quantitative estimate of drug-likeness (QED) is 0.600. The Bertz CT molecular complexity index is 839. The van der Waals surface area contributed by atoms with E-state index in [-0.39, 0.29) is 11.8 Å². The number of carbonyl (C=O) groups is 2. The predicted octanol–water partition coefficient (Wildman–Crippen LogP) is 1.13. The number of aromatic amines is 1. The number of benzene rings is 1. The molecule has 4 N–H and O–H groups in total. The molecule has 28 heavy (non-hydrogen) atoms. The molecule has 0 radical (unpaired) electrons. The molecule has 1 aromatic heterocycles. The van der Waals surface area contributed by atoms with Gasteiger partial charge in [0.1, 0.15) is 0 Å². The van der Waals surface area contributed by atoms with Crippen LogP contribution in [-0.2, 0) is 13.0 Å². The van der Waals surface area contributed by atoms with E-state index in [1.807, 2.05) is 0 Å². The minimum absolute atomic E-state index is 0.0930. The topological polar surface area (TPSA) is 102 Å². The lowest BCUT2D eigenvalue weighted by Crippen LogP contribution is -2.33. The van der Waals surface area contributed by atoms with Crippen LogP contribution in [0.5, 0.6) is 0 Å². The average Bonchev–Trinajstić information content (AvgIpc) is 3.38. The van der Waals surface area contributed by atoms with Gasteiger partial charge in [0.2, 0.25) is 0 Å². The minimum Gasteiger partial charge on any atom is -0.351 e. The van der Waals surface area contributed by atoms with Crippen molar-refractivity contribution in [1.82, 2.24) is 25.7 Å². The summed E-state index contributed by atoms with van der Waals surface area (Å²) in [5.74, 6) is -0.339. The van der Waals surface area contributed by atoms with Gasteiger partial charge in [-0.1, -0.05) is 0 Å². The zero-order chi connectivity index (χ0) is 19.3. The van der Waals surface area contributed by atoms with Crippen molar-refractivity contribution in [2.75, 3.05) is 38.0 Å². The van der Waals surface area contributed by atoms with Gasteiger partial charge in [-0.3, -0.25) is 14.7 Å². The first kappa shape index (κ1) is 18.6. The Morgan fingerprint density at radius 1 is 1.11 bits per heavy atom. The lowest BCUT2D eigenvalue weighted by Gasteiger charge is -2.14. The fourth-order valence-electron chi connectivity index (χ4n) is 3.74. The molecule has 1 aromatic carbocycles. The van der Waals surface area contributed by atoms with Crippen LogP contribution in [0.2, 0.25) is 0 Å². The third-order valence-corrected chi connectivity index (χ3v) is 5.34. The number of anilines is 1. The number of nitrogens with one attached hydrogen (secondary N) is 4. The molecule has 3 heterocycles. The van der Waals surface area contributed by atoms with Gasteiger partial charge in [0.15, 0.2) is 5.69 Å². The molecule has 148 valence electrons. The Kier molecular flexibility index (Phi) is 5.68. The van der Waals surface area contributed by atoms with Gasteiger partial charge in [0, 0.05) is 55.1 Å². The average molecular weight is 382 g/mol. The molecule has 2 amide bonds.